The van der Waals surface area contributed by atoms with Crippen LogP contribution in [0.3, 0.4) is 0 Å². The molecular formula is C20H16F3N3O4S2. The molecule has 1 aromatic rings. The SMILES string of the molecule is C/C=C/c1c(F)c(S(=O)(=O)NS(=O)(=O)C2=C/CCC/C=C(C#N)/C=C\2)c(F)c(F)c1C#N. The molecule has 0 amide bonds. The van der Waals surface area contributed by atoms with Crippen LogP contribution in [-0.4, -0.2) is 16.8 Å². The van der Waals surface area contributed by atoms with E-state index in [4.69, 9.17) is 10.5 Å². The molecule has 2 rings (SSSR count). The van der Waals surface area contributed by atoms with Gasteiger partial charge < -0.3 is 0 Å². The summed E-state index contributed by atoms with van der Waals surface area (Å²) in [5.74, 6) is -6.00. The molecule has 0 spiro atoms. The molecule has 1 N–H and O–H groups in total. The second-order valence-corrected chi connectivity index (χ2v) is 9.96. The summed E-state index contributed by atoms with van der Waals surface area (Å²) >= 11 is 0. The van der Waals surface area contributed by atoms with Gasteiger partial charge in [-0.2, -0.15) is 10.5 Å². The van der Waals surface area contributed by atoms with Gasteiger partial charge >= 0.3 is 0 Å². The van der Waals surface area contributed by atoms with Crippen LogP contribution in [-0.2, 0) is 20.0 Å². The van der Waals surface area contributed by atoms with Gasteiger partial charge in [-0.1, -0.05) is 24.3 Å². The van der Waals surface area contributed by atoms with Crippen molar-refractivity contribution in [2.75, 3.05) is 0 Å². The van der Waals surface area contributed by atoms with Gasteiger partial charge in [0.1, 0.15) is 11.6 Å². The second kappa shape index (κ2) is 9.96. The Morgan fingerprint density at radius 2 is 1.59 bits per heavy atom. The van der Waals surface area contributed by atoms with Gasteiger partial charge in [0.25, 0.3) is 20.0 Å². The first-order valence-corrected chi connectivity index (χ1v) is 12.0. The van der Waals surface area contributed by atoms with Crippen LogP contribution in [0, 0.1) is 40.1 Å². The van der Waals surface area contributed by atoms with Crippen LogP contribution in [0.25, 0.3) is 6.08 Å². The Morgan fingerprint density at radius 1 is 0.938 bits per heavy atom. The molecule has 0 saturated heterocycles. The van der Waals surface area contributed by atoms with Crippen molar-refractivity contribution in [3.8, 4) is 12.1 Å². The van der Waals surface area contributed by atoms with Gasteiger partial charge in [-0.05, 0) is 38.3 Å². The lowest BCUT2D eigenvalue weighted by Crippen LogP contribution is -2.33. The van der Waals surface area contributed by atoms with E-state index in [-0.39, 0.29) is 12.0 Å². The standard InChI is InChI=1S/C20H16F3N3O4S2/c1-2-6-15-16(12-25)17(21)19(23)20(18(15)22)32(29,30)26-31(27,28)14-8-5-3-4-7-13(11-24)9-10-14/h2,6-10,26H,3-5H2,1H3/b6-2+,10-9-,13-7-,14-8+. The van der Waals surface area contributed by atoms with Crippen molar-refractivity contribution in [3.05, 3.63) is 69.4 Å². The molecule has 0 atom stereocenters. The summed E-state index contributed by atoms with van der Waals surface area (Å²) in [6, 6.07) is 3.08. The first-order chi connectivity index (χ1) is 15.0. The fourth-order valence-corrected chi connectivity index (χ4v) is 5.90. The average Bonchev–Trinajstić information content (AvgIpc) is 2.83. The highest BCUT2D eigenvalue weighted by atomic mass is 32.3. The Balaban J connectivity index is 2.63. The summed E-state index contributed by atoms with van der Waals surface area (Å²) in [6.07, 6.45) is 8.00. The molecule has 0 heterocycles. The maximum Gasteiger partial charge on any atom is 0.259 e. The molecule has 0 saturated carbocycles. The lowest BCUT2D eigenvalue weighted by Gasteiger charge is -2.13. The van der Waals surface area contributed by atoms with Gasteiger partial charge in [0.05, 0.1) is 11.0 Å². The first-order valence-electron chi connectivity index (χ1n) is 9.00. The highest BCUT2D eigenvalue weighted by molar-refractivity contribution is 8.06. The maximum atomic E-state index is 14.8. The third kappa shape index (κ3) is 5.16. The number of hydrogen-bond acceptors (Lipinski definition) is 6. The molecule has 168 valence electrons. The molecule has 12 heteroatoms. The molecule has 32 heavy (non-hydrogen) atoms. The van der Waals surface area contributed by atoms with Gasteiger partial charge in [0.2, 0.25) is 0 Å². The van der Waals surface area contributed by atoms with Gasteiger partial charge in [0, 0.05) is 11.1 Å². The monoisotopic (exact) mass is 483 g/mol. The van der Waals surface area contributed by atoms with Crippen molar-refractivity contribution in [2.45, 2.75) is 31.1 Å². The number of hydrogen-bond donors (Lipinski definition) is 1. The van der Waals surface area contributed by atoms with Crippen LogP contribution in [0.2, 0.25) is 0 Å². The number of allylic oxidation sites excluding steroid dienone is 6. The van der Waals surface area contributed by atoms with Crippen LogP contribution in [0.1, 0.15) is 37.3 Å². The quantitative estimate of drug-likeness (QED) is 0.636. The normalized spacial score (nSPS) is 19.4. The van der Waals surface area contributed by atoms with E-state index in [1.165, 1.54) is 23.2 Å². The lowest BCUT2D eigenvalue weighted by atomic mass is 10.1. The van der Waals surface area contributed by atoms with Gasteiger partial charge in [-0.25, -0.2) is 30.0 Å². The summed E-state index contributed by atoms with van der Waals surface area (Å²) in [5.41, 5.74) is -1.78. The van der Waals surface area contributed by atoms with Crippen molar-refractivity contribution in [1.29, 1.82) is 10.5 Å². The Morgan fingerprint density at radius 3 is 2.19 bits per heavy atom. The molecule has 0 aliphatic heterocycles. The van der Waals surface area contributed by atoms with Crippen molar-refractivity contribution < 1.29 is 30.0 Å². The van der Waals surface area contributed by atoms with E-state index >= 15 is 0 Å². The number of halogens is 3. The minimum Gasteiger partial charge on any atom is -0.206 e. The topological polar surface area (TPSA) is 128 Å². The first kappa shape index (κ1) is 25.1. The zero-order valence-electron chi connectivity index (χ0n) is 16.6. The zero-order chi connectivity index (χ0) is 24.1. The number of nitriles is 2. The van der Waals surface area contributed by atoms with E-state index in [0.29, 0.717) is 12.8 Å². The summed E-state index contributed by atoms with van der Waals surface area (Å²) in [4.78, 5) is -2.44. The van der Waals surface area contributed by atoms with E-state index in [2.05, 4.69) is 0 Å². The summed E-state index contributed by atoms with van der Waals surface area (Å²) in [5, 5.41) is 18.0. The summed E-state index contributed by atoms with van der Waals surface area (Å²) in [6.45, 7) is 1.36. The van der Waals surface area contributed by atoms with Crippen LogP contribution in [0.4, 0.5) is 13.2 Å². The van der Waals surface area contributed by atoms with Gasteiger partial charge in [-0.3, -0.25) is 0 Å². The van der Waals surface area contributed by atoms with E-state index in [9.17, 15) is 30.0 Å². The molecular weight excluding hydrogens is 467 g/mol. The molecule has 0 unspecified atom stereocenters. The Bertz CT molecular complexity index is 1360. The second-order valence-electron chi connectivity index (χ2n) is 6.40. The highest BCUT2D eigenvalue weighted by Crippen LogP contribution is 2.30. The third-order valence-electron chi connectivity index (χ3n) is 4.23. The minimum absolute atomic E-state index is 0.137. The molecule has 1 aromatic carbocycles. The number of nitrogens with zero attached hydrogens (tertiary/aromatic N) is 2. The molecule has 0 fully saturated rings. The third-order valence-corrected chi connectivity index (χ3v) is 7.81. The van der Waals surface area contributed by atoms with Crippen LogP contribution in [0.5, 0.6) is 0 Å². The van der Waals surface area contributed by atoms with Crippen molar-refractivity contribution in [1.82, 2.24) is 4.13 Å². The van der Waals surface area contributed by atoms with E-state index in [1.807, 2.05) is 6.07 Å². The van der Waals surface area contributed by atoms with E-state index < -0.39 is 58.4 Å². The Hall–Kier alpha value is -3.19. The van der Waals surface area contributed by atoms with Crippen molar-refractivity contribution in [2.24, 2.45) is 0 Å². The van der Waals surface area contributed by atoms with Crippen LogP contribution < -0.4 is 4.13 Å². The highest BCUT2D eigenvalue weighted by Gasteiger charge is 2.35. The van der Waals surface area contributed by atoms with Gasteiger partial charge in [0.15, 0.2) is 22.3 Å². The molecule has 1 aliphatic rings. The van der Waals surface area contributed by atoms with Crippen molar-refractivity contribution >= 4 is 26.1 Å². The Labute approximate surface area is 183 Å². The molecule has 1 aliphatic carbocycles. The predicted molar refractivity (Wildman–Crippen MR) is 110 cm³/mol. The van der Waals surface area contributed by atoms with E-state index in [1.54, 1.807) is 6.08 Å². The fraction of sp³-hybridized carbons (Fsp3) is 0.200. The molecule has 0 radical (unpaired) electrons. The fourth-order valence-electron chi connectivity index (χ4n) is 2.77. The van der Waals surface area contributed by atoms with Crippen LogP contribution in [0.15, 0.2) is 45.8 Å². The molecule has 7 nitrogen and oxygen atoms in total. The predicted octanol–water partition coefficient (Wildman–Crippen LogP) is 3.69. The smallest absolute Gasteiger partial charge is 0.206 e. The minimum atomic E-state index is -5.49. The van der Waals surface area contributed by atoms with Gasteiger partial charge in [-0.15, -0.1) is 4.13 Å². The van der Waals surface area contributed by atoms with Crippen molar-refractivity contribution in [3.63, 3.8) is 0 Å². The summed E-state index contributed by atoms with van der Waals surface area (Å²) in [7, 11) is -10.4. The maximum absolute atomic E-state index is 14.8. The number of nitrogens with one attached hydrogen (secondary N) is 1. The number of benzene rings is 1. The zero-order valence-corrected chi connectivity index (χ0v) is 18.2. The number of rotatable bonds is 5. The molecule has 0 bridgehead atoms. The lowest BCUT2D eigenvalue weighted by molar-refractivity contribution is 0.455. The average molecular weight is 483 g/mol. The molecule has 0 aromatic heterocycles. The summed E-state index contributed by atoms with van der Waals surface area (Å²) < 4.78 is 95.3. The number of sulfonamides is 2. The van der Waals surface area contributed by atoms with E-state index in [0.717, 1.165) is 24.3 Å². The largest absolute Gasteiger partial charge is 0.259 e. The van der Waals surface area contributed by atoms with Crippen LogP contribution >= 0.6 is 0 Å². The Kier molecular flexibility index (Phi) is 7.80.